The van der Waals surface area contributed by atoms with Gasteiger partial charge in [0.1, 0.15) is 6.04 Å². The molecule has 1 atom stereocenters. The number of aromatic nitrogens is 1. The van der Waals surface area contributed by atoms with Gasteiger partial charge in [-0.05, 0) is 30.2 Å². The summed E-state index contributed by atoms with van der Waals surface area (Å²) in [6.07, 6.45) is 4.17. The summed E-state index contributed by atoms with van der Waals surface area (Å²) in [7, 11) is 0. The first-order valence-electron chi connectivity index (χ1n) is 10.2. The molecule has 4 rings (SSSR count). The van der Waals surface area contributed by atoms with Crippen molar-refractivity contribution in [1.29, 1.82) is 0 Å². The van der Waals surface area contributed by atoms with Crippen LogP contribution < -0.4 is 10.2 Å². The summed E-state index contributed by atoms with van der Waals surface area (Å²) in [6.45, 7) is 3.78. The molecule has 0 radical (unpaired) electrons. The number of urea groups is 1. The summed E-state index contributed by atoms with van der Waals surface area (Å²) in [4.78, 5) is 46.9. The smallest absolute Gasteiger partial charge is 0.329 e. The van der Waals surface area contributed by atoms with E-state index in [0.29, 0.717) is 25.2 Å². The summed E-state index contributed by atoms with van der Waals surface area (Å²) in [5.41, 5.74) is 1.70. The number of nitrogens with zero attached hydrogens (tertiary/aromatic N) is 4. The largest absolute Gasteiger partial charge is 0.340 e. The van der Waals surface area contributed by atoms with Gasteiger partial charge >= 0.3 is 6.03 Å². The number of hydrogen-bond donors (Lipinski definition) is 1. The van der Waals surface area contributed by atoms with Crippen LogP contribution in [0.25, 0.3) is 0 Å². The van der Waals surface area contributed by atoms with Gasteiger partial charge in [-0.25, -0.2) is 9.69 Å². The molecule has 4 amide bonds. The van der Waals surface area contributed by atoms with E-state index in [0.717, 1.165) is 30.1 Å². The van der Waals surface area contributed by atoms with Gasteiger partial charge in [0.15, 0.2) is 0 Å². The normalized spacial score (nSPS) is 19.8. The molecule has 0 saturated carbocycles. The van der Waals surface area contributed by atoms with Gasteiger partial charge in [-0.15, -0.1) is 0 Å². The van der Waals surface area contributed by atoms with Crippen LogP contribution in [0.2, 0.25) is 0 Å². The number of carbonyl (C=O) groups excluding carboxylic acids is 3. The van der Waals surface area contributed by atoms with Crippen LogP contribution in [0.5, 0.6) is 0 Å². The van der Waals surface area contributed by atoms with E-state index in [4.69, 9.17) is 0 Å². The maximum atomic E-state index is 12.6. The minimum absolute atomic E-state index is 0.0243. The number of para-hydroxylation sites is 1. The van der Waals surface area contributed by atoms with E-state index in [1.54, 1.807) is 30.5 Å². The monoisotopic (exact) mass is 407 g/mol. The lowest BCUT2D eigenvalue weighted by Crippen LogP contribution is -2.48. The zero-order chi connectivity index (χ0) is 20.9. The first-order chi connectivity index (χ1) is 14.6. The molecule has 1 aromatic carbocycles. The van der Waals surface area contributed by atoms with Crippen molar-refractivity contribution in [2.45, 2.75) is 25.4 Å². The Morgan fingerprint density at radius 2 is 1.80 bits per heavy atom. The molecule has 8 heteroatoms. The van der Waals surface area contributed by atoms with Crippen LogP contribution in [0.3, 0.4) is 0 Å². The molecule has 2 aliphatic rings. The number of piperazine rings is 1. The van der Waals surface area contributed by atoms with Crippen molar-refractivity contribution in [2.24, 2.45) is 0 Å². The number of hydrogen-bond acceptors (Lipinski definition) is 5. The molecule has 2 aliphatic heterocycles. The van der Waals surface area contributed by atoms with E-state index in [1.807, 2.05) is 23.2 Å². The number of pyridine rings is 1. The van der Waals surface area contributed by atoms with Crippen LogP contribution in [0.1, 0.15) is 18.4 Å². The molecule has 1 N–H and O–H groups in total. The van der Waals surface area contributed by atoms with E-state index < -0.39 is 12.1 Å². The van der Waals surface area contributed by atoms with Crippen molar-refractivity contribution in [1.82, 2.24) is 20.1 Å². The van der Waals surface area contributed by atoms with Crippen molar-refractivity contribution in [3.63, 3.8) is 0 Å². The first-order valence-corrected chi connectivity index (χ1v) is 10.2. The maximum absolute atomic E-state index is 12.6. The number of carbonyl (C=O) groups is 3. The minimum atomic E-state index is -0.659. The number of imide groups is 1. The molecular weight excluding hydrogens is 382 g/mol. The maximum Gasteiger partial charge on any atom is 0.329 e. The SMILES string of the molecule is O=C(CC[C@H]1NC(=O)N(c2ccccc2)C1=O)N1CCN(Cc2cccnc2)CC1. The molecule has 0 spiro atoms. The second kappa shape index (κ2) is 9.04. The molecule has 3 heterocycles. The lowest BCUT2D eigenvalue weighted by Gasteiger charge is -2.34. The van der Waals surface area contributed by atoms with E-state index in [-0.39, 0.29) is 18.2 Å². The van der Waals surface area contributed by atoms with Crippen LogP contribution in [0, 0.1) is 0 Å². The predicted molar refractivity (Wildman–Crippen MR) is 112 cm³/mol. The first kappa shape index (κ1) is 20.0. The Kier molecular flexibility index (Phi) is 6.04. The Morgan fingerprint density at radius 3 is 2.50 bits per heavy atom. The Bertz CT molecular complexity index is 898. The molecule has 1 aromatic heterocycles. The molecule has 0 unspecified atom stereocenters. The van der Waals surface area contributed by atoms with Gasteiger partial charge < -0.3 is 10.2 Å². The van der Waals surface area contributed by atoms with Crippen molar-refractivity contribution in [2.75, 3.05) is 31.1 Å². The summed E-state index contributed by atoms with van der Waals surface area (Å²) >= 11 is 0. The van der Waals surface area contributed by atoms with E-state index in [1.165, 1.54) is 0 Å². The fourth-order valence-electron chi connectivity index (χ4n) is 3.88. The van der Waals surface area contributed by atoms with Gasteiger partial charge in [0.2, 0.25) is 5.91 Å². The summed E-state index contributed by atoms with van der Waals surface area (Å²) in [6, 6.07) is 11.7. The van der Waals surface area contributed by atoms with Crippen LogP contribution >= 0.6 is 0 Å². The summed E-state index contributed by atoms with van der Waals surface area (Å²) in [5.74, 6) is -0.281. The zero-order valence-electron chi connectivity index (χ0n) is 16.7. The third-order valence-electron chi connectivity index (χ3n) is 5.53. The molecular formula is C22H25N5O3. The van der Waals surface area contributed by atoms with Crippen molar-refractivity contribution < 1.29 is 14.4 Å². The van der Waals surface area contributed by atoms with Crippen molar-refractivity contribution in [3.8, 4) is 0 Å². The number of nitrogens with one attached hydrogen (secondary N) is 1. The fourth-order valence-corrected chi connectivity index (χ4v) is 3.88. The van der Waals surface area contributed by atoms with Gasteiger partial charge in [-0.2, -0.15) is 0 Å². The molecule has 0 bridgehead atoms. The molecule has 156 valence electrons. The summed E-state index contributed by atoms with van der Waals surface area (Å²) in [5, 5.41) is 2.70. The Hall–Kier alpha value is -3.26. The summed E-state index contributed by atoms with van der Waals surface area (Å²) < 4.78 is 0. The average Bonchev–Trinajstić information content (AvgIpc) is 3.07. The highest BCUT2D eigenvalue weighted by molar-refractivity contribution is 6.21. The van der Waals surface area contributed by atoms with Gasteiger partial charge in [0.05, 0.1) is 5.69 Å². The average molecular weight is 407 g/mol. The Balaban J connectivity index is 1.24. The third kappa shape index (κ3) is 4.49. The van der Waals surface area contributed by atoms with Crippen molar-refractivity contribution >= 4 is 23.5 Å². The highest BCUT2D eigenvalue weighted by Gasteiger charge is 2.39. The molecule has 30 heavy (non-hydrogen) atoms. The van der Waals surface area contributed by atoms with Gasteiger partial charge in [-0.3, -0.25) is 19.5 Å². The number of anilines is 1. The van der Waals surface area contributed by atoms with Gasteiger partial charge in [-0.1, -0.05) is 24.3 Å². The van der Waals surface area contributed by atoms with Crippen LogP contribution in [0.4, 0.5) is 10.5 Å². The van der Waals surface area contributed by atoms with E-state index in [9.17, 15) is 14.4 Å². The minimum Gasteiger partial charge on any atom is -0.340 e. The van der Waals surface area contributed by atoms with Gasteiger partial charge in [0, 0.05) is 51.5 Å². The quantitative estimate of drug-likeness (QED) is 0.736. The second-order valence-electron chi connectivity index (χ2n) is 7.57. The standard InChI is InChI=1S/C22H25N5O3/c28-20(26-13-11-25(12-14-26)16-17-5-4-10-23-15-17)9-8-19-21(29)27(22(30)24-19)18-6-2-1-3-7-18/h1-7,10,15,19H,8-9,11-14,16H2,(H,24,30)/t19-/m1/s1. The number of benzene rings is 1. The fraction of sp³-hybridized carbons (Fsp3) is 0.364. The second-order valence-corrected chi connectivity index (χ2v) is 7.57. The number of amides is 4. The van der Waals surface area contributed by atoms with E-state index in [2.05, 4.69) is 21.3 Å². The topological polar surface area (TPSA) is 85.8 Å². The van der Waals surface area contributed by atoms with E-state index >= 15 is 0 Å². The lowest BCUT2D eigenvalue weighted by atomic mass is 10.1. The molecule has 2 fully saturated rings. The molecule has 0 aliphatic carbocycles. The Morgan fingerprint density at radius 1 is 1.03 bits per heavy atom. The highest BCUT2D eigenvalue weighted by atomic mass is 16.2. The molecule has 2 saturated heterocycles. The lowest BCUT2D eigenvalue weighted by molar-refractivity contribution is -0.133. The zero-order valence-corrected chi connectivity index (χ0v) is 16.7. The van der Waals surface area contributed by atoms with Crippen LogP contribution in [0.15, 0.2) is 54.9 Å². The molecule has 8 nitrogen and oxygen atoms in total. The van der Waals surface area contributed by atoms with Crippen LogP contribution in [-0.4, -0.2) is 64.9 Å². The number of rotatable bonds is 6. The Labute approximate surface area is 175 Å². The van der Waals surface area contributed by atoms with Crippen molar-refractivity contribution in [3.05, 3.63) is 60.4 Å². The van der Waals surface area contributed by atoms with Crippen LogP contribution in [-0.2, 0) is 16.1 Å². The van der Waals surface area contributed by atoms with Gasteiger partial charge in [0.25, 0.3) is 5.91 Å². The molecule has 2 aromatic rings. The third-order valence-corrected chi connectivity index (χ3v) is 5.53. The highest BCUT2D eigenvalue weighted by Crippen LogP contribution is 2.21. The predicted octanol–water partition coefficient (Wildman–Crippen LogP) is 1.63.